The summed E-state index contributed by atoms with van der Waals surface area (Å²) < 4.78 is 17.0. The van der Waals surface area contributed by atoms with E-state index in [9.17, 15) is 9.90 Å². The number of phenolic OH excluding ortho intramolecular Hbond substituents is 1. The van der Waals surface area contributed by atoms with E-state index in [1.165, 1.54) is 0 Å². The van der Waals surface area contributed by atoms with Crippen LogP contribution >= 0.6 is 0 Å². The number of benzene rings is 2. The van der Waals surface area contributed by atoms with Crippen molar-refractivity contribution in [2.45, 2.75) is 33.2 Å². The first-order valence-electron chi connectivity index (χ1n) is 9.76. The fourth-order valence-corrected chi connectivity index (χ4v) is 3.87. The Morgan fingerprint density at radius 3 is 2.62 bits per heavy atom. The molecule has 2 aromatic carbocycles. The van der Waals surface area contributed by atoms with E-state index in [0.717, 1.165) is 17.5 Å². The Hall–Kier alpha value is -2.99. The van der Waals surface area contributed by atoms with Crippen molar-refractivity contribution in [1.82, 2.24) is 4.90 Å². The molecule has 0 atom stereocenters. The molecular formula is C23H25NO5. The van der Waals surface area contributed by atoms with Crippen molar-refractivity contribution in [2.24, 2.45) is 0 Å². The second-order valence-electron chi connectivity index (χ2n) is 7.66. The molecule has 3 aromatic rings. The maximum Gasteiger partial charge on any atom is 0.231 e. The van der Waals surface area contributed by atoms with Gasteiger partial charge in [0.05, 0.1) is 16.5 Å². The summed E-state index contributed by atoms with van der Waals surface area (Å²) in [5, 5.41) is 11.3. The third-order valence-electron chi connectivity index (χ3n) is 5.16. The molecule has 6 nitrogen and oxygen atoms in total. The first kappa shape index (κ1) is 19.3. The molecule has 0 bridgehead atoms. The summed E-state index contributed by atoms with van der Waals surface area (Å²) in [6.45, 7) is 4.48. The van der Waals surface area contributed by atoms with E-state index < -0.39 is 0 Å². The highest BCUT2D eigenvalue weighted by atomic mass is 16.7. The Bertz CT molecular complexity index is 1150. The summed E-state index contributed by atoms with van der Waals surface area (Å²) in [6, 6.07) is 7.22. The van der Waals surface area contributed by atoms with Crippen molar-refractivity contribution in [3.63, 3.8) is 0 Å². The molecule has 6 heteroatoms. The molecule has 0 unspecified atom stereocenters. The van der Waals surface area contributed by atoms with Gasteiger partial charge >= 0.3 is 0 Å². The van der Waals surface area contributed by atoms with Crippen LogP contribution in [0.3, 0.4) is 0 Å². The molecule has 1 aromatic heterocycles. The second kappa shape index (κ2) is 7.44. The van der Waals surface area contributed by atoms with Gasteiger partial charge in [-0.2, -0.15) is 0 Å². The predicted octanol–water partition coefficient (Wildman–Crippen LogP) is 4.22. The minimum Gasteiger partial charge on any atom is -0.507 e. The van der Waals surface area contributed by atoms with Gasteiger partial charge in [0.15, 0.2) is 11.5 Å². The number of hydrogen-bond donors (Lipinski definition) is 1. The maximum absolute atomic E-state index is 13.5. The number of aromatic hydroxyl groups is 1. The number of nitrogens with zero attached hydrogens (tertiary/aromatic N) is 1. The SMILES string of the molecule is CCCc1cc2c(=O)c(-c3ccc4c(c3)OCO4)c(C)oc2c(CN(C)C)c1O. The molecule has 1 aliphatic heterocycles. The molecule has 0 aliphatic carbocycles. The summed E-state index contributed by atoms with van der Waals surface area (Å²) >= 11 is 0. The summed E-state index contributed by atoms with van der Waals surface area (Å²) in [4.78, 5) is 15.5. The zero-order valence-corrected chi connectivity index (χ0v) is 17.2. The van der Waals surface area contributed by atoms with E-state index in [4.69, 9.17) is 13.9 Å². The van der Waals surface area contributed by atoms with E-state index in [1.54, 1.807) is 19.1 Å². The third-order valence-corrected chi connectivity index (χ3v) is 5.16. The van der Waals surface area contributed by atoms with Crippen molar-refractivity contribution in [3.8, 4) is 28.4 Å². The van der Waals surface area contributed by atoms with E-state index in [1.807, 2.05) is 38.1 Å². The van der Waals surface area contributed by atoms with Crippen molar-refractivity contribution in [1.29, 1.82) is 0 Å². The maximum atomic E-state index is 13.5. The molecule has 29 heavy (non-hydrogen) atoms. The van der Waals surface area contributed by atoms with Crippen LogP contribution in [0.1, 0.15) is 30.2 Å². The molecule has 0 saturated carbocycles. The highest BCUT2D eigenvalue weighted by Crippen LogP contribution is 2.38. The molecule has 1 aliphatic rings. The first-order chi connectivity index (χ1) is 13.9. The zero-order chi connectivity index (χ0) is 20.7. The topological polar surface area (TPSA) is 72.1 Å². The van der Waals surface area contributed by atoms with Crippen LogP contribution in [-0.4, -0.2) is 30.9 Å². The average Bonchev–Trinajstić information content (AvgIpc) is 3.14. The van der Waals surface area contributed by atoms with Crippen LogP contribution in [0.2, 0.25) is 0 Å². The largest absolute Gasteiger partial charge is 0.507 e. The lowest BCUT2D eigenvalue weighted by Crippen LogP contribution is -2.14. The quantitative estimate of drug-likeness (QED) is 0.698. The van der Waals surface area contributed by atoms with Crippen molar-refractivity contribution in [2.75, 3.05) is 20.9 Å². The highest BCUT2D eigenvalue weighted by molar-refractivity contribution is 5.88. The van der Waals surface area contributed by atoms with Gasteiger partial charge in [-0.05, 0) is 56.8 Å². The van der Waals surface area contributed by atoms with Gasteiger partial charge in [0, 0.05) is 6.54 Å². The van der Waals surface area contributed by atoms with E-state index in [2.05, 4.69) is 0 Å². The molecule has 2 heterocycles. The van der Waals surface area contributed by atoms with Crippen LogP contribution in [0.5, 0.6) is 17.2 Å². The number of ether oxygens (including phenoxy) is 2. The molecule has 4 rings (SSSR count). The highest BCUT2D eigenvalue weighted by Gasteiger charge is 2.22. The Labute approximate surface area is 169 Å². The van der Waals surface area contributed by atoms with E-state index >= 15 is 0 Å². The molecule has 152 valence electrons. The zero-order valence-electron chi connectivity index (χ0n) is 17.2. The van der Waals surface area contributed by atoms with Crippen LogP contribution in [0.25, 0.3) is 22.1 Å². The Kier molecular flexibility index (Phi) is 4.96. The normalized spacial score (nSPS) is 12.9. The fraction of sp³-hybridized carbons (Fsp3) is 0.348. The van der Waals surface area contributed by atoms with Gasteiger partial charge in [-0.25, -0.2) is 0 Å². The number of aryl methyl sites for hydroxylation is 2. The Balaban J connectivity index is 1.99. The van der Waals surface area contributed by atoms with E-state index in [0.29, 0.717) is 52.3 Å². The first-order valence-corrected chi connectivity index (χ1v) is 9.76. The van der Waals surface area contributed by atoms with Gasteiger partial charge in [0.25, 0.3) is 0 Å². The van der Waals surface area contributed by atoms with E-state index in [-0.39, 0.29) is 18.0 Å². The lowest BCUT2D eigenvalue weighted by molar-refractivity contribution is 0.174. The molecule has 1 N–H and O–H groups in total. The number of phenols is 1. The molecule has 0 fully saturated rings. The van der Waals surface area contributed by atoms with Crippen LogP contribution < -0.4 is 14.9 Å². The molecular weight excluding hydrogens is 370 g/mol. The van der Waals surface area contributed by atoms with Gasteiger partial charge in [-0.15, -0.1) is 0 Å². The van der Waals surface area contributed by atoms with Gasteiger partial charge < -0.3 is 23.9 Å². The summed E-state index contributed by atoms with van der Waals surface area (Å²) in [5.41, 5.74) is 2.97. The monoisotopic (exact) mass is 395 g/mol. The van der Waals surface area contributed by atoms with Crippen molar-refractivity contribution < 1.29 is 19.0 Å². The lowest BCUT2D eigenvalue weighted by Gasteiger charge is -2.17. The van der Waals surface area contributed by atoms with Crippen LogP contribution in [-0.2, 0) is 13.0 Å². The minimum atomic E-state index is -0.111. The fourth-order valence-electron chi connectivity index (χ4n) is 3.87. The van der Waals surface area contributed by atoms with Gasteiger partial charge in [0.1, 0.15) is 17.1 Å². The molecule has 0 saturated heterocycles. The number of hydrogen-bond acceptors (Lipinski definition) is 6. The summed E-state index contributed by atoms with van der Waals surface area (Å²) in [7, 11) is 3.84. The van der Waals surface area contributed by atoms with Gasteiger partial charge in [-0.3, -0.25) is 4.79 Å². The predicted molar refractivity (Wildman–Crippen MR) is 112 cm³/mol. The number of fused-ring (bicyclic) bond motifs is 2. The van der Waals surface area contributed by atoms with Crippen molar-refractivity contribution >= 4 is 11.0 Å². The van der Waals surface area contributed by atoms with Crippen LogP contribution in [0.15, 0.2) is 33.5 Å². The van der Waals surface area contributed by atoms with Crippen LogP contribution in [0.4, 0.5) is 0 Å². The molecule has 0 amide bonds. The standard InChI is InChI=1S/C23H25NO5/c1-5-6-15-9-16-22(26)20(14-7-8-18-19(10-14)28-12-27-18)13(2)29-23(16)17(21(15)25)11-24(3)4/h7-10,25H,5-6,11-12H2,1-4H3. The third kappa shape index (κ3) is 3.34. The Morgan fingerprint density at radius 1 is 1.14 bits per heavy atom. The smallest absolute Gasteiger partial charge is 0.231 e. The van der Waals surface area contributed by atoms with Crippen molar-refractivity contribution in [3.05, 3.63) is 51.4 Å². The molecule has 0 radical (unpaired) electrons. The number of rotatable bonds is 5. The minimum absolute atomic E-state index is 0.111. The molecule has 0 spiro atoms. The average molecular weight is 395 g/mol. The summed E-state index contributed by atoms with van der Waals surface area (Å²) in [6.07, 6.45) is 1.56. The van der Waals surface area contributed by atoms with Gasteiger partial charge in [-0.1, -0.05) is 19.4 Å². The second-order valence-corrected chi connectivity index (χ2v) is 7.66. The van der Waals surface area contributed by atoms with Crippen LogP contribution in [0, 0.1) is 6.92 Å². The van der Waals surface area contributed by atoms with Gasteiger partial charge in [0.2, 0.25) is 12.2 Å². The summed E-state index contributed by atoms with van der Waals surface area (Å²) in [5.74, 6) is 2.00. The Morgan fingerprint density at radius 2 is 1.90 bits per heavy atom. The lowest BCUT2D eigenvalue weighted by atomic mass is 9.97.